The molecular formula is C13H19NO4S. The first-order valence-electron chi connectivity index (χ1n) is 6.12. The molecule has 2 N–H and O–H groups in total. The minimum absolute atomic E-state index is 0.0521. The molecule has 0 aromatic heterocycles. The molecule has 0 spiro atoms. The van der Waals surface area contributed by atoms with Crippen molar-refractivity contribution >= 4 is 16.0 Å². The van der Waals surface area contributed by atoms with E-state index in [9.17, 15) is 13.2 Å². The molecule has 0 saturated heterocycles. The Kier molecular flexibility index (Phi) is 5.50. The van der Waals surface area contributed by atoms with Crippen molar-refractivity contribution in [2.45, 2.75) is 44.0 Å². The van der Waals surface area contributed by atoms with Gasteiger partial charge in [-0.2, -0.15) is 0 Å². The second kappa shape index (κ2) is 6.68. The van der Waals surface area contributed by atoms with Gasteiger partial charge in [0, 0.05) is 12.5 Å². The average molecular weight is 285 g/mol. The van der Waals surface area contributed by atoms with E-state index in [4.69, 9.17) is 5.11 Å². The molecule has 0 aliphatic carbocycles. The van der Waals surface area contributed by atoms with Gasteiger partial charge in [0.2, 0.25) is 10.0 Å². The Hall–Kier alpha value is -1.40. The molecule has 0 bridgehead atoms. The number of hydrogen-bond donors (Lipinski definition) is 2. The largest absolute Gasteiger partial charge is 0.481 e. The van der Waals surface area contributed by atoms with Crippen LogP contribution in [0.25, 0.3) is 0 Å². The smallest absolute Gasteiger partial charge is 0.303 e. The van der Waals surface area contributed by atoms with Crippen LogP contribution in [0.4, 0.5) is 0 Å². The lowest BCUT2D eigenvalue weighted by molar-refractivity contribution is -0.137. The van der Waals surface area contributed by atoms with Crippen molar-refractivity contribution in [3.05, 3.63) is 29.8 Å². The lowest BCUT2D eigenvalue weighted by atomic mass is 10.1. The number of carboxylic acid groups (broad SMARTS) is 1. The van der Waals surface area contributed by atoms with Crippen molar-refractivity contribution in [1.29, 1.82) is 0 Å². The summed E-state index contributed by atoms with van der Waals surface area (Å²) in [5.41, 5.74) is 0.876. The topological polar surface area (TPSA) is 83.5 Å². The van der Waals surface area contributed by atoms with Gasteiger partial charge in [0.25, 0.3) is 0 Å². The summed E-state index contributed by atoms with van der Waals surface area (Å²) in [4.78, 5) is 10.6. The van der Waals surface area contributed by atoms with E-state index >= 15 is 0 Å². The summed E-state index contributed by atoms with van der Waals surface area (Å²) in [5.74, 6) is -0.867. The predicted molar refractivity (Wildman–Crippen MR) is 72.4 cm³/mol. The van der Waals surface area contributed by atoms with Gasteiger partial charge in [-0.15, -0.1) is 0 Å². The zero-order valence-corrected chi connectivity index (χ0v) is 11.9. The molecule has 1 atom stereocenters. The van der Waals surface area contributed by atoms with E-state index in [2.05, 4.69) is 4.72 Å². The summed E-state index contributed by atoms with van der Waals surface area (Å²) in [5, 5.41) is 8.53. The minimum atomic E-state index is -3.53. The Bertz CT molecular complexity index is 539. The first-order valence-corrected chi connectivity index (χ1v) is 7.60. The van der Waals surface area contributed by atoms with Gasteiger partial charge in [0.05, 0.1) is 4.90 Å². The number of carbonyl (C=O) groups is 1. The lowest BCUT2D eigenvalue weighted by Crippen LogP contribution is -2.32. The van der Waals surface area contributed by atoms with Crippen LogP contribution in [0.1, 0.15) is 31.7 Å². The number of nitrogens with one attached hydrogen (secondary N) is 1. The van der Waals surface area contributed by atoms with Crippen molar-refractivity contribution in [2.75, 3.05) is 0 Å². The molecule has 0 heterocycles. The van der Waals surface area contributed by atoms with Crippen LogP contribution >= 0.6 is 0 Å². The summed E-state index contributed by atoms with van der Waals surface area (Å²) in [7, 11) is -3.53. The summed E-state index contributed by atoms with van der Waals surface area (Å²) >= 11 is 0. The molecule has 0 fully saturated rings. The van der Waals surface area contributed by atoms with Crippen molar-refractivity contribution < 1.29 is 18.3 Å². The maximum absolute atomic E-state index is 12.1. The fourth-order valence-corrected chi connectivity index (χ4v) is 3.12. The van der Waals surface area contributed by atoms with Gasteiger partial charge >= 0.3 is 5.97 Å². The first kappa shape index (κ1) is 15.7. The summed E-state index contributed by atoms with van der Waals surface area (Å²) in [6.45, 7) is 3.56. The van der Waals surface area contributed by atoms with Crippen LogP contribution in [-0.2, 0) is 14.8 Å². The second-order valence-corrected chi connectivity index (χ2v) is 6.34. The Labute approximate surface area is 113 Å². The summed E-state index contributed by atoms with van der Waals surface area (Å²) in [6, 6.07) is 6.38. The van der Waals surface area contributed by atoms with E-state index in [1.165, 1.54) is 0 Å². The van der Waals surface area contributed by atoms with Crippen LogP contribution < -0.4 is 4.72 Å². The molecule has 19 heavy (non-hydrogen) atoms. The monoisotopic (exact) mass is 285 g/mol. The van der Waals surface area contributed by atoms with Crippen LogP contribution in [0.2, 0.25) is 0 Å². The molecule has 5 nitrogen and oxygen atoms in total. The molecule has 1 aromatic rings. The molecule has 106 valence electrons. The van der Waals surface area contributed by atoms with E-state index < -0.39 is 16.0 Å². The van der Waals surface area contributed by atoms with Crippen molar-refractivity contribution in [3.8, 4) is 0 Å². The number of sulfonamides is 1. The van der Waals surface area contributed by atoms with Gasteiger partial charge in [-0.1, -0.05) is 12.1 Å². The van der Waals surface area contributed by atoms with E-state index in [0.717, 1.165) is 5.56 Å². The van der Waals surface area contributed by atoms with Crippen molar-refractivity contribution in [2.24, 2.45) is 0 Å². The van der Waals surface area contributed by atoms with Gasteiger partial charge in [0.15, 0.2) is 0 Å². The SMILES string of the molecule is Cc1cccc(S(=O)(=O)NC(C)CCCC(=O)O)c1. The molecule has 0 aliphatic rings. The standard InChI is InChI=1S/C13H19NO4S/c1-10-5-3-7-12(9-10)19(17,18)14-11(2)6-4-8-13(15)16/h3,5,7,9,11,14H,4,6,8H2,1-2H3,(H,15,16). The number of benzene rings is 1. The molecule has 0 radical (unpaired) electrons. The molecule has 1 unspecified atom stereocenters. The van der Waals surface area contributed by atoms with E-state index in [-0.39, 0.29) is 17.4 Å². The third kappa shape index (κ3) is 5.40. The molecular weight excluding hydrogens is 266 g/mol. The molecule has 1 rings (SSSR count). The average Bonchev–Trinajstić information content (AvgIpc) is 2.27. The highest BCUT2D eigenvalue weighted by Crippen LogP contribution is 2.12. The Balaban J connectivity index is 2.62. The number of carboxylic acids is 1. The number of aryl methyl sites for hydroxylation is 1. The van der Waals surface area contributed by atoms with Gasteiger partial charge in [0.1, 0.15) is 0 Å². The van der Waals surface area contributed by atoms with Crippen LogP contribution in [0.15, 0.2) is 29.2 Å². The fourth-order valence-electron chi connectivity index (χ4n) is 1.73. The van der Waals surface area contributed by atoms with Crippen LogP contribution in [0, 0.1) is 6.92 Å². The van der Waals surface area contributed by atoms with Gasteiger partial charge in [-0.05, 0) is 44.4 Å². The summed E-state index contributed by atoms with van der Waals surface area (Å²) < 4.78 is 26.7. The number of hydrogen-bond acceptors (Lipinski definition) is 3. The van der Waals surface area contributed by atoms with E-state index in [0.29, 0.717) is 12.8 Å². The van der Waals surface area contributed by atoms with E-state index in [1.54, 1.807) is 25.1 Å². The third-order valence-corrected chi connectivity index (χ3v) is 4.27. The molecule has 6 heteroatoms. The minimum Gasteiger partial charge on any atom is -0.481 e. The number of rotatable bonds is 7. The molecule has 1 aromatic carbocycles. The van der Waals surface area contributed by atoms with E-state index in [1.807, 2.05) is 13.0 Å². The first-order chi connectivity index (χ1) is 8.81. The highest BCUT2D eigenvalue weighted by atomic mass is 32.2. The number of aliphatic carboxylic acids is 1. The quantitative estimate of drug-likeness (QED) is 0.801. The molecule has 0 amide bonds. The van der Waals surface area contributed by atoms with Crippen LogP contribution in [0.5, 0.6) is 0 Å². The Morgan fingerprint density at radius 1 is 1.42 bits per heavy atom. The molecule has 0 saturated carbocycles. The van der Waals surface area contributed by atoms with Crippen LogP contribution in [-0.4, -0.2) is 25.5 Å². The molecule has 0 aliphatic heterocycles. The maximum atomic E-state index is 12.1. The van der Waals surface area contributed by atoms with Crippen molar-refractivity contribution in [3.63, 3.8) is 0 Å². The Morgan fingerprint density at radius 2 is 2.11 bits per heavy atom. The zero-order valence-electron chi connectivity index (χ0n) is 11.1. The fraction of sp³-hybridized carbons (Fsp3) is 0.462. The normalized spacial score (nSPS) is 13.2. The maximum Gasteiger partial charge on any atom is 0.303 e. The predicted octanol–water partition coefficient (Wildman–Crippen LogP) is 1.92. The second-order valence-electron chi connectivity index (χ2n) is 4.62. The van der Waals surface area contributed by atoms with Gasteiger partial charge in [-0.25, -0.2) is 13.1 Å². The third-order valence-electron chi connectivity index (χ3n) is 2.68. The lowest BCUT2D eigenvalue weighted by Gasteiger charge is -2.14. The van der Waals surface area contributed by atoms with Crippen LogP contribution in [0.3, 0.4) is 0 Å². The Morgan fingerprint density at radius 3 is 2.68 bits per heavy atom. The highest BCUT2D eigenvalue weighted by molar-refractivity contribution is 7.89. The zero-order chi connectivity index (χ0) is 14.5. The summed E-state index contributed by atoms with van der Waals surface area (Å²) in [6.07, 6.45) is 1.00. The van der Waals surface area contributed by atoms with Gasteiger partial charge < -0.3 is 5.11 Å². The van der Waals surface area contributed by atoms with Gasteiger partial charge in [-0.3, -0.25) is 4.79 Å². The van der Waals surface area contributed by atoms with Crippen molar-refractivity contribution in [1.82, 2.24) is 4.72 Å². The highest BCUT2D eigenvalue weighted by Gasteiger charge is 2.17.